The molecule has 0 aliphatic carbocycles. The van der Waals surface area contributed by atoms with Gasteiger partial charge in [-0.15, -0.1) is 0 Å². The summed E-state index contributed by atoms with van der Waals surface area (Å²) in [7, 11) is 0. The molecule has 0 aromatic carbocycles. The quantitative estimate of drug-likeness (QED) is 0.474. The van der Waals surface area contributed by atoms with Crippen LogP contribution in [0.2, 0.25) is 0 Å². The summed E-state index contributed by atoms with van der Waals surface area (Å²) < 4.78 is 6.87. The number of halogens is 1. The largest absolute Gasteiger partial charge is 0.465 e. The number of rotatable bonds is 4. The maximum absolute atomic E-state index is 11.3. The Balaban J connectivity index is 2.58. The molecule has 0 amide bonds. The van der Waals surface area contributed by atoms with Crippen molar-refractivity contribution < 1.29 is 14.1 Å². The van der Waals surface area contributed by atoms with E-state index in [1.165, 1.54) is 5.56 Å². The first kappa shape index (κ1) is 12.2. The molecule has 3 nitrogen and oxygen atoms in total. The molecule has 0 unspecified atom stereocenters. The Bertz CT molecular complexity index is 341. The van der Waals surface area contributed by atoms with E-state index in [0.29, 0.717) is 13.2 Å². The van der Waals surface area contributed by atoms with Crippen LogP contribution in [-0.4, -0.2) is 17.4 Å². The fourth-order valence-electron chi connectivity index (χ4n) is 1.26. The molecule has 0 aliphatic rings. The van der Waals surface area contributed by atoms with E-state index in [-0.39, 0.29) is 10.8 Å². The average molecular weight is 273 g/mol. The number of aryl methyl sites for hydroxylation is 1. The molecule has 0 saturated carbocycles. The number of hydrogen-bond donors (Lipinski definition) is 0. The topological polar surface area (TPSA) is 30.2 Å². The second-order valence-electron chi connectivity index (χ2n) is 3.30. The minimum atomic E-state index is -0.288. The highest BCUT2D eigenvalue weighted by Gasteiger charge is 2.20. The third-order valence-corrected chi connectivity index (χ3v) is 2.58. The molecule has 82 valence electrons. The summed E-state index contributed by atoms with van der Waals surface area (Å²) in [5, 5.41) is 0. The number of esters is 1. The summed E-state index contributed by atoms with van der Waals surface area (Å²) in [5.41, 5.74) is 1.17. The maximum Gasteiger partial charge on any atom is 0.326 e. The first-order valence-electron chi connectivity index (χ1n) is 4.90. The predicted molar refractivity (Wildman–Crippen MR) is 60.7 cm³/mol. The fourth-order valence-corrected chi connectivity index (χ4v) is 1.73. The van der Waals surface area contributed by atoms with Crippen LogP contribution >= 0.6 is 15.9 Å². The first-order chi connectivity index (χ1) is 7.13. The number of carbonyl (C=O) groups excluding carboxylic acids is 1. The van der Waals surface area contributed by atoms with E-state index < -0.39 is 0 Å². The number of pyridine rings is 1. The van der Waals surface area contributed by atoms with Crippen molar-refractivity contribution in [2.45, 2.75) is 25.2 Å². The summed E-state index contributed by atoms with van der Waals surface area (Å²) >= 11 is 3.31. The summed E-state index contributed by atoms with van der Waals surface area (Å²) in [4.78, 5) is 11.1. The molecule has 0 aliphatic heterocycles. The van der Waals surface area contributed by atoms with Crippen molar-refractivity contribution in [3.63, 3.8) is 0 Å². The van der Waals surface area contributed by atoms with Crippen LogP contribution < -0.4 is 4.57 Å². The van der Waals surface area contributed by atoms with Crippen molar-refractivity contribution in [1.82, 2.24) is 0 Å². The Morgan fingerprint density at radius 1 is 1.67 bits per heavy atom. The molecule has 1 aromatic heterocycles. The second kappa shape index (κ2) is 5.85. The fraction of sp³-hybridized carbons (Fsp3) is 0.455. The van der Waals surface area contributed by atoms with Crippen molar-refractivity contribution in [2.24, 2.45) is 0 Å². The summed E-state index contributed by atoms with van der Waals surface area (Å²) in [5.74, 6) is -0.216. The molecule has 1 aromatic rings. The van der Waals surface area contributed by atoms with Gasteiger partial charge in [0.15, 0.2) is 23.8 Å². The number of aromatic nitrogens is 1. The van der Waals surface area contributed by atoms with Crippen LogP contribution in [-0.2, 0) is 16.1 Å². The smallest absolute Gasteiger partial charge is 0.326 e. The van der Waals surface area contributed by atoms with Gasteiger partial charge in [0.2, 0.25) is 0 Å². The first-order valence-corrected chi connectivity index (χ1v) is 5.81. The second-order valence-corrected chi connectivity index (χ2v) is 4.40. The molecule has 1 heterocycles. The predicted octanol–water partition coefficient (Wildman–Crippen LogP) is 1.61. The van der Waals surface area contributed by atoms with Gasteiger partial charge in [-0.25, -0.2) is 4.57 Å². The number of nitrogens with zero attached hydrogens (tertiary/aromatic N) is 1. The van der Waals surface area contributed by atoms with Crippen LogP contribution in [0.1, 0.15) is 12.5 Å². The number of ether oxygens (including phenoxy) is 1. The van der Waals surface area contributed by atoms with Gasteiger partial charge in [0, 0.05) is 11.6 Å². The summed E-state index contributed by atoms with van der Waals surface area (Å²) in [6, 6.07) is 3.98. The van der Waals surface area contributed by atoms with E-state index in [9.17, 15) is 4.79 Å². The lowest BCUT2D eigenvalue weighted by Crippen LogP contribution is -2.40. The van der Waals surface area contributed by atoms with E-state index in [1.807, 2.05) is 36.0 Å². The molecule has 1 rings (SSSR count). The van der Waals surface area contributed by atoms with Crippen LogP contribution in [0.4, 0.5) is 0 Å². The maximum atomic E-state index is 11.3. The minimum Gasteiger partial charge on any atom is -0.465 e. The standard InChI is InChI=1S/C11H15BrNO2/c1-3-15-11(14)10(12)8-13-6-4-5-9(2)7-13/h4-7,10H,3,8H2,1-2H3/q+1/t10-/m0/s1. The highest BCUT2D eigenvalue weighted by Crippen LogP contribution is 2.02. The molecular weight excluding hydrogens is 258 g/mol. The summed E-state index contributed by atoms with van der Waals surface area (Å²) in [6.45, 7) is 4.82. The van der Waals surface area contributed by atoms with Crippen molar-refractivity contribution >= 4 is 21.9 Å². The van der Waals surface area contributed by atoms with Gasteiger partial charge in [0.05, 0.1) is 6.61 Å². The van der Waals surface area contributed by atoms with Gasteiger partial charge >= 0.3 is 5.97 Å². The normalized spacial score (nSPS) is 12.2. The van der Waals surface area contributed by atoms with Crippen LogP contribution in [0.15, 0.2) is 24.5 Å². The third kappa shape index (κ3) is 4.00. The van der Waals surface area contributed by atoms with Crippen LogP contribution in [0.5, 0.6) is 0 Å². The van der Waals surface area contributed by atoms with Gasteiger partial charge in [0.25, 0.3) is 0 Å². The van der Waals surface area contributed by atoms with Crippen molar-refractivity contribution in [3.8, 4) is 0 Å². The Morgan fingerprint density at radius 2 is 2.40 bits per heavy atom. The monoisotopic (exact) mass is 272 g/mol. The zero-order valence-electron chi connectivity index (χ0n) is 8.94. The Kier molecular flexibility index (Phi) is 4.75. The Hall–Kier alpha value is -0.900. The lowest BCUT2D eigenvalue weighted by atomic mass is 10.3. The highest BCUT2D eigenvalue weighted by atomic mass is 79.9. The molecule has 4 heteroatoms. The zero-order valence-corrected chi connectivity index (χ0v) is 10.5. The molecule has 0 fully saturated rings. The van der Waals surface area contributed by atoms with Crippen molar-refractivity contribution in [2.75, 3.05) is 6.61 Å². The molecule has 0 radical (unpaired) electrons. The van der Waals surface area contributed by atoms with Gasteiger partial charge in [-0.2, -0.15) is 0 Å². The van der Waals surface area contributed by atoms with Gasteiger partial charge in [-0.05, 0) is 19.9 Å². The van der Waals surface area contributed by atoms with E-state index in [4.69, 9.17) is 4.74 Å². The van der Waals surface area contributed by atoms with Gasteiger partial charge in [-0.1, -0.05) is 15.9 Å². The third-order valence-electron chi connectivity index (χ3n) is 1.92. The number of carbonyl (C=O) groups is 1. The van der Waals surface area contributed by atoms with Crippen LogP contribution in [0.3, 0.4) is 0 Å². The van der Waals surface area contributed by atoms with Crippen molar-refractivity contribution in [1.29, 1.82) is 0 Å². The lowest BCUT2D eigenvalue weighted by Gasteiger charge is -2.05. The van der Waals surface area contributed by atoms with E-state index in [2.05, 4.69) is 15.9 Å². The van der Waals surface area contributed by atoms with Gasteiger partial charge in [-0.3, -0.25) is 4.79 Å². The molecule has 1 atom stereocenters. The minimum absolute atomic E-state index is 0.216. The van der Waals surface area contributed by atoms with E-state index in [1.54, 1.807) is 6.92 Å². The molecule has 0 spiro atoms. The molecular formula is C11H15BrNO2+. The SMILES string of the molecule is CCOC(=O)[C@@H](Br)C[n+]1cccc(C)c1. The number of alkyl halides is 1. The number of hydrogen-bond acceptors (Lipinski definition) is 2. The van der Waals surface area contributed by atoms with Gasteiger partial charge in [0.1, 0.15) is 0 Å². The molecule has 0 N–H and O–H groups in total. The van der Waals surface area contributed by atoms with E-state index >= 15 is 0 Å². The Morgan fingerprint density at radius 3 is 3.00 bits per heavy atom. The Labute approximate surface area is 98.2 Å². The van der Waals surface area contributed by atoms with Crippen LogP contribution in [0, 0.1) is 6.92 Å². The molecule has 0 saturated heterocycles. The lowest BCUT2D eigenvalue weighted by molar-refractivity contribution is -0.695. The van der Waals surface area contributed by atoms with E-state index in [0.717, 1.165) is 0 Å². The molecule has 15 heavy (non-hydrogen) atoms. The summed E-state index contributed by atoms with van der Waals surface area (Å²) in [6.07, 6.45) is 3.92. The van der Waals surface area contributed by atoms with Crippen LogP contribution in [0.25, 0.3) is 0 Å². The average Bonchev–Trinajstić information content (AvgIpc) is 2.18. The highest BCUT2D eigenvalue weighted by molar-refractivity contribution is 9.10. The van der Waals surface area contributed by atoms with Gasteiger partial charge < -0.3 is 4.74 Å². The zero-order chi connectivity index (χ0) is 11.3. The van der Waals surface area contributed by atoms with Crippen molar-refractivity contribution in [3.05, 3.63) is 30.1 Å². The molecule has 0 bridgehead atoms.